The molecule has 0 aliphatic carbocycles. The van der Waals surface area contributed by atoms with E-state index in [0.29, 0.717) is 17.2 Å². The molecule has 1 aliphatic heterocycles. The lowest BCUT2D eigenvalue weighted by atomic mass is 10.2. The molecule has 1 aromatic heterocycles. The number of hydrogen-bond donors (Lipinski definition) is 2. The van der Waals surface area contributed by atoms with Gasteiger partial charge < -0.3 is 15.0 Å². The molecule has 1 aromatic carbocycles. The Labute approximate surface area is 169 Å². The van der Waals surface area contributed by atoms with E-state index >= 15 is 0 Å². The third-order valence-electron chi connectivity index (χ3n) is 4.43. The molecule has 2 N–H and O–H groups in total. The van der Waals surface area contributed by atoms with Crippen molar-refractivity contribution in [1.82, 2.24) is 19.7 Å². The number of aromatic nitrogens is 3. The van der Waals surface area contributed by atoms with Crippen molar-refractivity contribution in [3.05, 3.63) is 29.6 Å². The van der Waals surface area contributed by atoms with E-state index in [1.54, 1.807) is 19.1 Å². The molecule has 0 radical (unpaired) electrons. The molecule has 29 heavy (non-hydrogen) atoms. The standard InChI is InChI=1S/C18H24N6O4S/c1-12-10-14(20-13(2)25)6-7-15(12)29(26,27)19-11-16-21-17(23-18(22-16)28-3)24-8-4-5-9-24/h6-7,10,19H,4-5,8-9,11H2,1-3H3,(H,20,25). The third-order valence-corrected chi connectivity index (χ3v) is 5.99. The number of sulfonamides is 1. The number of nitrogens with zero attached hydrogens (tertiary/aromatic N) is 4. The van der Waals surface area contributed by atoms with Crippen LogP contribution in [0.25, 0.3) is 0 Å². The van der Waals surface area contributed by atoms with E-state index in [1.165, 1.54) is 20.1 Å². The average molecular weight is 420 g/mol. The maximum atomic E-state index is 12.7. The first-order chi connectivity index (χ1) is 13.8. The van der Waals surface area contributed by atoms with Crippen LogP contribution in [-0.2, 0) is 21.4 Å². The number of carbonyl (C=O) groups is 1. The van der Waals surface area contributed by atoms with E-state index in [9.17, 15) is 13.2 Å². The van der Waals surface area contributed by atoms with Crippen LogP contribution in [0.1, 0.15) is 31.2 Å². The fourth-order valence-corrected chi connectivity index (χ4v) is 4.29. The molecule has 1 aliphatic rings. The largest absolute Gasteiger partial charge is 0.467 e. The highest BCUT2D eigenvalue weighted by molar-refractivity contribution is 7.89. The van der Waals surface area contributed by atoms with Crippen LogP contribution < -0.4 is 19.7 Å². The molecular formula is C18H24N6O4S. The molecule has 0 atom stereocenters. The summed E-state index contributed by atoms with van der Waals surface area (Å²) in [7, 11) is -2.35. The SMILES string of the molecule is COc1nc(CNS(=O)(=O)c2ccc(NC(C)=O)cc2C)nc(N2CCCC2)n1. The summed E-state index contributed by atoms with van der Waals surface area (Å²) in [6.45, 7) is 4.64. The molecule has 2 aromatic rings. The van der Waals surface area contributed by atoms with Crippen LogP contribution in [0.4, 0.5) is 11.6 Å². The minimum absolute atomic E-state index is 0.102. The summed E-state index contributed by atoms with van der Waals surface area (Å²) in [4.78, 5) is 26.1. The van der Waals surface area contributed by atoms with Crippen molar-refractivity contribution < 1.29 is 17.9 Å². The van der Waals surface area contributed by atoms with Crippen molar-refractivity contribution in [1.29, 1.82) is 0 Å². The normalized spacial score (nSPS) is 14.1. The van der Waals surface area contributed by atoms with Crippen LogP contribution in [0.5, 0.6) is 6.01 Å². The zero-order valence-corrected chi connectivity index (χ0v) is 17.4. The summed E-state index contributed by atoms with van der Waals surface area (Å²) < 4.78 is 33.1. The Kier molecular flexibility index (Phi) is 6.28. The maximum Gasteiger partial charge on any atom is 0.321 e. The molecule has 1 fully saturated rings. The van der Waals surface area contributed by atoms with Crippen LogP contribution in [0, 0.1) is 6.92 Å². The molecule has 0 unspecified atom stereocenters. The van der Waals surface area contributed by atoms with E-state index in [4.69, 9.17) is 4.74 Å². The summed E-state index contributed by atoms with van der Waals surface area (Å²) in [6.07, 6.45) is 2.12. The van der Waals surface area contributed by atoms with Gasteiger partial charge in [-0.15, -0.1) is 0 Å². The third kappa shape index (κ3) is 5.18. The van der Waals surface area contributed by atoms with Gasteiger partial charge in [0, 0.05) is 25.7 Å². The molecule has 0 saturated carbocycles. The number of carbonyl (C=O) groups excluding carboxylic acids is 1. The summed E-state index contributed by atoms with van der Waals surface area (Å²) in [5.41, 5.74) is 1.04. The van der Waals surface area contributed by atoms with E-state index in [-0.39, 0.29) is 29.2 Å². The van der Waals surface area contributed by atoms with Crippen molar-refractivity contribution in [2.45, 2.75) is 38.1 Å². The topological polar surface area (TPSA) is 126 Å². The maximum absolute atomic E-state index is 12.7. The van der Waals surface area contributed by atoms with Crippen molar-refractivity contribution in [2.75, 3.05) is 30.4 Å². The Morgan fingerprint density at radius 1 is 1.21 bits per heavy atom. The highest BCUT2D eigenvalue weighted by atomic mass is 32.2. The molecule has 1 saturated heterocycles. The molecule has 156 valence electrons. The van der Waals surface area contributed by atoms with Crippen molar-refractivity contribution in [3.8, 4) is 6.01 Å². The average Bonchev–Trinajstić information content (AvgIpc) is 3.20. The second kappa shape index (κ2) is 8.70. The lowest BCUT2D eigenvalue weighted by molar-refractivity contribution is -0.114. The summed E-state index contributed by atoms with van der Waals surface area (Å²) in [5, 5.41) is 2.63. The van der Waals surface area contributed by atoms with Gasteiger partial charge in [-0.05, 0) is 43.5 Å². The lowest BCUT2D eigenvalue weighted by Crippen LogP contribution is -2.27. The van der Waals surface area contributed by atoms with Crippen LogP contribution in [0.2, 0.25) is 0 Å². The highest BCUT2D eigenvalue weighted by Crippen LogP contribution is 2.21. The number of aryl methyl sites for hydroxylation is 1. The predicted octanol–water partition coefficient (Wildman–Crippen LogP) is 1.23. The molecule has 3 rings (SSSR count). The summed E-state index contributed by atoms with van der Waals surface area (Å²) >= 11 is 0. The smallest absolute Gasteiger partial charge is 0.321 e. The van der Waals surface area contributed by atoms with Crippen molar-refractivity contribution in [2.24, 2.45) is 0 Å². The summed E-state index contributed by atoms with van der Waals surface area (Å²) in [6, 6.07) is 4.74. The van der Waals surface area contributed by atoms with Gasteiger partial charge >= 0.3 is 6.01 Å². The number of anilines is 2. The van der Waals surface area contributed by atoms with Crippen LogP contribution >= 0.6 is 0 Å². The molecule has 0 bridgehead atoms. The minimum atomic E-state index is -3.80. The number of benzene rings is 1. The lowest BCUT2D eigenvalue weighted by Gasteiger charge is -2.16. The van der Waals surface area contributed by atoms with Gasteiger partial charge in [0.15, 0.2) is 5.82 Å². The number of nitrogens with one attached hydrogen (secondary N) is 2. The van der Waals surface area contributed by atoms with E-state index in [2.05, 4.69) is 25.0 Å². The number of ether oxygens (including phenoxy) is 1. The Morgan fingerprint density at radius 2 is 1.93 bits per heavy atom. The number of methoxy groups -OCH3 is 1. The van der Waals surface area contributed by atoms with Gasteiger partial charge in [0.25, 0.3) is 0 Å². The predicted molar refractivity (Wildman–Crippen MR) is 107 cm³/mol. The molecular weight excluding hydrogens is 396 g/mol. The van der Waals surface area contributed by atoms with Gasteiger partial charge in [0.1, 0.15) is 0 Å². The first-order valence-electron chi connectivity index (χ1n) is 9.20. The first-order valence-corrected chi connectivity index (χ1v) is 10.7. The molecule has 2 heterocycles. The van der Waals surface area contributed by atoms with Gasteiger partial charge in [-0.1, -0.05) is 0 Å². The number of amides is 1. The van der Waals surface area contributed by atoms with Crippen molar-refractivity contribution in [3.63, 3.8) is 0 Å². The first kappa shape index (κ1) is 20.9. The molecule has 0 spiro atoms. The van der Waals surface area contributed by atoms with E-state index in [1.807, 2.05) is 4.90 Å². The zero-order valence-electron chi connectivity index (χ0n) is 16.6. The fourth-order valence-electron chi connectivity index (χ4n) is 3.08. The summed E-state index contributed by atoms with van der Waals surface area (Å²) in [5.74, 6) is 0.532. The van der Waals surface area contributed by atoms with Gasteiger partial charge in [0.05, 0.1) is 18.6 Å². The van der Waals surface area contributed by atoms with Crippen LogP contribution in [-0.4, -0.2) is 49.5 Å². The Hall–Kier alpha value is -2.79. The number of hydrogen-bond acceptors (Lipinski definition) is 8. The van der Waals surface area contributed by atoms with Crippen LogP contribution in [0.3, 0.4) is 0 Å². The van der Waals surface area contributed by atoms with Crippen LogP contribution in [0.15, 0.2) is 23.1 Å². The minimum Gasteiger partial charge on any atom is -0.467 e. The second-order valence-electron chi connectivity index (χ2n) is 6.72. The highest BCUT2D eigenvalue weighted by Gasteiger charge is 2.20. The molecule has 10 nitrogen and oxygen atoms in total. The zero-order chi connectivity index (χ0) is 21.0. The van der Waals surface area contributed by atoms with E-state index in [0.717, 1.165) is 25.9 Å². The van der Waals surface area contributed by atoms with Crippen molar-refractivity contribution >= 4 is 27.6 Å². The van der Waals surface area contributed by atoms with Gasteiger partial charge in [-0.2, -0.15) is 15.0 Å². The monoisotopic (exact) mass is 420 g/mol. The molecule has 1 amide bonds. The number of rotatable bonds is 7. The van der Waals surface area contributed by atoms with Gasteiger partial charge in [-0.25, -0.2) is 13.1 Å². The van der Waals surface area contributed by atoms with E-state index < -0.39 is 10.0 Å². The quantitative estimate of drug-likeness (QED) is 0.685. The Morgan fingerprint density at radius 3 is 2.55 bits per heavy atom. The Bertz CT molecular complexity index is 1010. The van der Waals surface area contributed by atoms with Gasteiger partial charge in [-0.3, -0.25) is 4.79 Å². The molecule has 11 heteroatoms. The second-order valence-corrected chi connectivity index (χ2v) is 8.45. The Balaban J connectivity index is 1.78. The fraction of sp³-hybridized carbons (Fsp3) is 0.444. The van der Waals surface area contributed by atoms with Gasteiger partial charge in [0.2, 0.25) is 21.9 Å².